The topological polar surface area (TPSA) is 66.1 Å². The van der Waals surface area contributed by atoms with Gasteiger partial charge in [0, 0.05) is 11.1 Å². The monoisotopic (exact) mass is 444 g/mol. The van der Waals surface area contributed by atoms with Crippen LogP contribution in [0.1, 0.15) is 11.1 Å². The van der Waals surface area contributed by atoms with Crippen molar-refractivity contribution in [2.45, 2.75) is 5.54 Å². The molecular weight excluding hydrogens is 426 g/mol. The predicted octanol–water partition coefficient (Wildman–Crippen LogP) is 4.89. The number of hydrogen-bond donors (Lipinski definition) is 1. The summed E-state index contributed by atoms with van der Waals surface area (Å²) in [4.78, 5) is 4.51. The highest BCUT2D eigenvalue weighted by atomic mass is 35.5. The third kappa shape index (κ3) is 3.65. The Balaban J connectivity index is 1.91. The van der Waals surface area contributed by atoms with Gasteiger partial charge in [-0.15, -0.1) is 0 Å². The second kappa shape index (κ2) is 8.07. The number of hydrogen-bond acceptors (Lipinski definition) is 5. The van der Waals surface area contributed by atoms with Crippen LogP contribution in [0.15, 0.2) is 59.6 Å². The van der Waals surface area contributed by atoms with E-state index in [0.717, 1.165) is 0 Å². The molecule has 0 amide bonds. The highest BCUT2D eigenvalue weighted by Crippen LogP contribution is 2.42. The molecule has 2 N–H and O–H groups in total. The fourth-order valence-electron chi connectivity index (χ4n) is 3.64. The maximum Gasteiger partial charge on any atom is 0.283 e. The first-order chi connectivity index (χ1) is 14.9. The molecular formula is C23H19ClF2N2O3. The third-order valence-corrected chi connectivity index (χ3v) is 5.56. The SMILES string of the molecule is COc1ccc(F)c(-c2cc([C@]3(c4ccc(OC)c(Cl)c4)COC(N)=N3)ccc2F)c1. The van der Waals surface area contributed by atoms with Crippen LogP contribution in [0.25, 0.3) is 11.1 Å². The zero-order valence-electron chi connectivity index (χ0n) is 16.8. The second-order valence-corrected chi connectivity index (χ2v) is 7.40. The molecule has 3 aromatic rings. The smallest absolute Gasteiger partial charge is 0.283 e. The molecule has 0 fully saturated rings. The largest absolute Gasteiger partial charge is 0.497 e. The lowest BCUT2D eigenvalue weighted by atomic mass is 9.83. The molecule has 1 aliphatic heterocycles. The van der Waals surface area contributed by atoms with Gasteiger partial charge in [0.05, 0.1) is 19.2 Å². The van der Waals surface area contributed by atoms with Crippen LogP contribution in [0, 0.1) is 11.6 Å². The van der Waals surface area contributed by atoms with Gasteiger partial charge in [0.25, 0.3) is 6.02 Å². The van der Waals surface area contributed by atoms with Crippen molar-refractivity contribution in [1.29, 1.82) is 0 Å². The van der Waals surface area contributed by atoms with Crippen molar-refractivity contribution in [1.82, 2.24) is 0 Å². The molecule has 1 aliphatic rings. The summed E-state index contributed by atoms with van der Waals surface area (Å²) in [5.74, 6) is -0.266. The van der Waals surface area contributed by atoms with Gasteiger partial charge in [-0.3, -0.25) is 0 Å². The number of halogens is 3. The number of nitrogens with zero attached hydrogens (tertiary/aromatic N) is 1. The molecule has 0 saturated carbocycles. The minimum Gasteiger partial charge on any atom is -0.497 e. The molecule has 0 unspecified atom stereocenters. The lowest BCUT2D eigenvalue weighted by molar-refractivity contribution is 0.278. The van der Waals surface area contributed by atoms with E-state index in [1.807, 2.05) is 0 Å². The average molecular weight is 445 g/mol. The molecule has 31 heavy (non-hydrogen) atoms. The molecule has 0 radical (unpaired) electrons. The van der Waals surface area contributed by atoms with Crippen LogP contribution in [0.5, 0.6) is 11.5 Å². The lowest BCUT2D eigenvalue weighted by Gasteiger charge is -2.26. The van der Waals surface area contributed by atoms with E-state index in [2.05, 4.69) is 4.99 Å². The predicted molar refractivity (Wildman–Crippen MR) is 115 cm³/mol. The fraction of sp³-hybridized carbons (Fsp3) is 0.174. The molecule has 0 spiro atoms. The van der Waals surface area contributed by atoms with Crippen molar-refractivity contribution in [3.05, 3.63) is 82.4 Å². The van der Waals surface area contributed by atoms with Crippen molar-refractivity contribution in [2.75, 3.05) is 20.8 Å². The highest BCUT2D eigenvalue weighted by molar-refractivity contribution is 6.32. The molecule has 1 atom stereocenters. The van der Waals surface area contributed by atoms with Crippen molar-refractivity contribution < 1.29 is 23.0 Å². The van der Waals surface area contributed by atoms with Gasteiger partial charge in [0.15, 0.2) is 5.54 Å². The Morgan fingerprint density at radius 1 is 0.935 bits per heavy atom. The minimum atomic E-state index is -1.09. The van der Waals surface area contributed by atoms with Gasteiger partial charge in [-0.1, -0.05) is 23.7 Å². The number of amidine groups is 1. The Labute approximate surface area is 183 Å². The van der Waals surface area contributed by atoms with Gasteiger partial charge in [0.1, 0.15) is 29.7 Å². The van der Waals surface area contributed by atoms with Crippen molar-refractivity contribution in [3.63, 3.8) is 0 Å². The van der Waals surface area contributed by atoms with E-state index in [4.69, 9.17) is 31.5 Å². The van der Waals surface area contributed by atoms with Gasteiger partial charge in [0.2, 0.25) is 0 Å². The second-order valence-electron chi connectivity index (χ2n) is 6.99. The number of aliphatic imine (C=N–C) groups is 1. The summed E-state index contributed by atoms with van der Waals surface area (Å²) >= 11 is 6.33. The molecule has 8 heteroatoms. The van der Waals surface area contributed by atoms with E-state index in [9.17, 15) is 8.78 Å². The Kier molecular flexibility index (Phi) is 5.45. The maximum atomic E-state index is 14.8. The van der Waals surface area contributed by atoms with Crippen molar-refractivity contribution in [3.8, 4) is 22.6 Å². The van der Waals surface area contributed by atoms with Crippen molar-refractivity contribution >= 4 is 17.6 Å². The van der Waals surface area contributed by atoms with Crippen LogP contribution in [-0.2, 0) is 10.3 Å². The molecule has 0 aromatic heterocycles. The van der Waals surface area contributed by atoms with E-state index in [-0.39, 0.29) is 23.8 Å². The van der Waals surface area contributed by atoms with Gasteiger partial charge >= 0.3 is 0 Å². The third-order valence-electron chi connectivity index (χ3n) is 5.27. The van der Waals surface area contributed by atoms with Crippen LogP contribution in [0.4, 0.5) is 8.78 Å². The molecule has 4 rings (SSSR count). The van der Waals surface area contributed by atoms with Gasteiger partial charge in [-0.25, -0.2) is 13.8 Å². The summed E-state index contributed by atoms with van der Waals surface area (Å²) in [6, 6.07) is 13.7. The van der Waals surface area contributed by atoms with Gasteiger partial charge in [-0.2, -0.15) is 0 Å². The summed E-state index contributed by atoms with van der Waals surface area (Å²) in [5.41, 5.74) is 6.12. The average Bonchev–Trinajstić information content (AvgIpc) is 3.17. The first kappa shape index (κ1) is 20.9. The van der Waals surface area contributed by atoms with Crippen LogP contribution < -0.4 is 15.2 Å². The molecule has 0 aliphatic carbocycles. The van der Waals surface area contributed by atoms with E-state index >= 15 is 0 Å². The number of benzene rings is 3. The highest BCUT2D eigenvalue weighted by Gasteiger charge is 2.41. The Bertz CT molecular complexity index is 1190. The number of methoxy groups -OCH3 is 2. The van der Waals surface area contributed by atoms with E-state index < -0.39 is 17.2 Å². The van der Waals surface area contributed by atoms with Crippen LogP contribution in [-0.4, -0.2) is 26.8 Å². The van der Waals surface area contributed by atoms with Crippen molar-refractivity contribution in [2.24, 2.45) is 10.7 Å². The van der Waals surface area contributed by atoms with Crippen LogP contribution in [0.2, 0.25) is 5.02 Å². The van der Waals surface area contributed by atoms with E-state index in [1.165, 1.54) is 44.6 Å². The molecule has 160 valence electrons. The molecule has 3 aromatic carbocycles. The number of rotatable bonds is 5. The number of nitrogens with two attached hydrogens (primary N) is 1. The normalized spacial score (nSPS) is 17.8. The first-order valence-corrected chi connectivity index (χ1v) is 9.72. The lowest BCUT2D eigenvalue weighted by Crippen LogP contribution is -2.27. The maximum absolute atomic E-state index is 14.8. The summed E-state index contributed by atoms with van der Waals surface area (Å²) in [7, 11) is 2.97. The zero-order chi connectivity index (χ0) is 22.2. The van der Waals surface area contributed by atoms with Crippen LogP contribution >= 0.6 is 11.6 Å². The summed E-state index contributed by atoms with van der Waals surface area (Å²) < 4.78 is 45.2. The summed E-state index contributed by atoms with van der Waals surface area (Å²) in [5, 5.41) is 0.376. The Morgan fingerprint density at radius 3 is 2.19 bits per heavy atom. The quantitative estimate of drug-likeness (QED) is 0.608. The van der Waals surface area contributed by atoms with Gasteiger partial charge < -0.3 is 19.9 Å². The first-order valence-electron chi connectivity index (χ1n) is 9.34. The molecule has 0 saturated heterocycles. The van der Waals surface area contributed by atoms with E-state index in [1.54, 1.807) is 24.3 Å². The van der Waals surface area contributed by atoms with E-state index in [0.29, 0.717) is 27.6 Å². The Morgan fingerprint density at radius 2 is 1.58 bits per heavy atom. The molecule has 1 heterocycles. The molecule has 5 nitrogen and oxygen atoms in total. The van der Waals surface area contributed by atoms with Crippen LogP contribution in [0.3, 0.4) is 0 Å². The molecule has 0 bridgehead atoms. The summed E-state index contributed by atoms with van der Waals surface area (Å²) in [6.07, 6.45) is 0. The fourth-order valence-corrected chi connectivity index (χ4v) is 3.90. The Hall–Kier alpha value is -3.32. The van der Waals surface area contributed by atoms with Gasteiger partial charge in [-0.05, 0) is 53.6 Å². The minimum absolute atomic E-state index is 0.00891. The number of ether oxygens (including phenoxy) is 3. The standard InChI is InChI=1S/C23H19ClF2N2O3/c1-29-15-5-7-20(26)17(11-15)16-9-13(3-6-19(16)25)23(12-31-22(27)28-23)14-4-8-21(30-2)18(24)10-14/h3-11H,12H2,1-2H3,(H2,27,28)/t23-/m0/s1. The summed E-state index contributed by atoms with van der Waals surface area (Å²) in [6.45, 7) is 0.0765. The zero-order valence-corrected chi connectivity index (χ0v) is 17.5.